The Morgan fingerprint density at radius 2 is 1.86 bits per heavy atom. The van der Waals surface area contributed by atoms with Crippen LogP contribution in [0.5, 0.6) is 0 Å². The van der Waals surface area contributed by atoms with Gasteiger partial charge in [-0.15, -0.1) is 22.0 Å². The molecule has 8 heteroatoms. The van der Waals surface area contributed by atoms with Gasteiger partial charge in [-0.1, -0.05) is 30.0 Å². The van der Waals surface area contributed by atoms with Crippen LogP contribution in [0.25, 0.3) is 11.4 Å². The molecule has 0 fully saturated rings. The second kappa shape index (κ2) is 10.9. The van der Waals surface area contributed by atoms with Crippen molar-refractivity contribution in [2.45, 2.75) is 29.9 Å². The Kier molecular flexibility index (Phi) is 7.93. The molecule has 1 aromatic carbocycles. The Bertz CT molecular complexity index is 871. The molecule has 0 atom stereocenters. The molecule has 0 aliphatic rings. The fourth-order valence-corrected chi connectivity index (χ4v) is 4.29. The van der Waals surface area contributed by atoms with Gasteiger partial charge in [0, 0.05) is 35.9 Å². The molecule has 146 valence electrons. The molecule has 6 nitrogen and oxygen atoms in total. The van der Waals surface area contributed by atoms with Gasteiger partial charge in [-0.2, -0.15) is 0 Å². The topological polar surface area (TPSA) is 72.7 Å². The second-order valence-electron chi connectivity index (χ2n) is 5.94. The van der Waals surface area contributed by atoms with Crippen LogP contribution in [0.15, 0.2) is 64.9 Å². The Labute approximate surface area is 173 Å². The van der Waals surface area contributed by atoms with Crippen molar-refractivity contribution in [1.29, 1.82) is 0 Å². The fraction of sp³-hybridized carbons (Fsp3) is 0.300. The smallest absolute Gasteiger partial charge is 0.230 e. The van der Waals surface area contributed by atoms with E-state index in [0.717, 1.165) is 35.3 Å². The maximum atomic E-state index is 12.1. The first-order valence-electron chi connectivity index (χ1n) is 9.19. The second-order valence-corrected chi connectivity index (χ2v) is 8.05. The molecule has 1 N–H and O–H groups in total. The van der Waals surface area contributed by atoms with E-state index in [9.17, 15) is 4.79 Å². The van der Waals surface area contributed by atoms with E-state index in [2.05, 4.69) is 32.6 Å². The van der Waals surface area contributed by atoms with Gasteiger partial charge in [0.2, 0.25) is 5.91 Å². The molecule has 0 aliphatic carbocycles. The average Bonchev–Trinajstić information content (AvgIpc) is 3.16. The molecule has 0 saturated heterocycles. The average molecular weight is 414 g/mol. The minimum Gasteiger partial charge on any atom is -0.355 e. The first-order valence-corrected chi connectivity index (χ1v) is 11.2. The lowest BCUT2D eigenvalue weighted by Crippen LogP contribution is -2.26. The van der Waals surface area contributed by atoms with Crippen LogP contribution >= 0.6 is 23.5 Å². The van der Waals surface area contributed by atoms with Gasteiger partial charge in [0.15, 0.2) is 11.0 Å². The third kappa shape index (κ3) is 5.84. The molecule has 2 heterocycles. The standard InChI is InChI=1S/C20H23N5OS2/c1-2-25-19(16-9-12-21-13-10-16)23-24-20(25)28-15-18(26)22-11-6-14-27-17-7-4-3-5-8-17/h3-5,7-10,12-13H,2,6,11,14-15H2,1H3,(H,22,26). The molecule has 0 unspecified atom stereocenters. The zero-order valence-corrected chi connectivity index (χ0v) is 17.4. The third-order valence-corrected chi connectivity index (χ3v) is 6.02. The summed E-state index contributed by atoms with van der Waals surface area (Å²) in [4.78, 5) is 17.4. The van der Waals surface area contributed by atoms with Crippen molar-refractivity contribution in [2.24, 2.45) is 0 Å². The van der Waals surface area contributed by atoms with Crippen molar-refractivity contribution in [3.8, 4) is 11.4 Å². The summed E-state index contributed by atoms with van der Waals surface area (Å²) in [5.41, 5.74) is 0.969. The predicted octanol–water partition coefficient (Wildman–Crippen LogP) is 3.75. The number of rotatable bonds is 10. The van der Waals surface area contributed by atoms with Gasteiger partial charge < -0.3 is 9.88 Å². The van der Waals surface area contributed by atoms with Crippen molar-refractivity contribution < 1.29 is 4.79 Å². The van der Waals surface area contributed by atoms with E-state index in [1.807, 2.05) is 41.8 Å². The minimum absolute atomic E-state index is 0.0193. The number of hydrogen-bond donors (Lipinski definition) is 1. The van der Waals surface area contributed by atoms with Crippen molar-refractivity contribution in [2.75, 3.05) is 18.1 Å². The Balaban J connectivity index is 1.41. The van der Waals surface area contributed by atoms with Gasteiger partial charge in [-0.25, -0.2) is 0 Å². The normalized spacial score (nSPS) is 10.8. The molecular formula is C20H23N5OS2. The molecular weight excluding hydrogens is 390 g/mol. The van der Waals surface area contributed by atoms with Crippen LogP contribution in [0, 0.1) is 0 Å². The largest absolute Gasteiger partial charge is 0.355 e. The molecule has 28 heavy (non-hydrogen) atoms. The van der Waals surface area contributed by atoms with Crippen LogP contribution < -0.4 is 5.32 Å². The maximum absolute atomic E-state index is 12.1. The van der Waals surface area contributed by atoms with E-state index in [-0.39, 0.29) is 5.91 Å². The number of hydrogen-bond acceptors (Lipinski definition) is 6. The minimum atomic E-state index is 0.0193. The predicted molar refractivity (Wildman–Crippen MR) is 114 cm³/mol. The van der Waals surface area contributed by atoms with Crippen LogP contribution in [0.3, 0.4) is 0 Å². The van der Waals surface area contributed by atoms with Gasteiger partial charge in [0.05, 0.1) is 5.75 Å². The number of carbonyl (C=O) groups excluding carboxylic acids is 1. The van der Waals surface area contributed by atoms with E-state index >= 15 is 0 Å². The summed E-state index contributed by atoms with van der Waals surface area (Å²) in [5, 5.41) is 12.3. The molecule has 3 rings (SSSR count). The highest BCUT2D eigenvalue weighted by Crippen LogP contribution is 2.23. The molecule has 0 saturated carbocycles. The first kappa shape index (κ1) is 20.4. The van der Waals surface area contributed by atoms with Gasteiger partial charge in [-0.05, 0) is 43.4 Å². The Morgan fingerprint density at radius 3 is 2.61 bits per heavy atom. The van der Waals surface area contributed by atoms with E-state index in [1.54, 1.807) is 24.2 Å². The number of thioether (sulfide) groups is 2. The van der Waals surface area contributed by atoms with Gasteiger partial charge >= 0.3 is 0 Å². The molecule has 2 aromatic heterocycles. The summed E-state index contributed by atoms with van der Waals surface area (Å²) >= 11 is 3.22. The van der Waals surface area contributed by atoms with Gasteiger partial charge in [0.25, 0.3) is 0 Å². The van der Waals surface area contributed by atoms with Crippen molar-refractivity contribution in [1.82, 2.24) is 25.1 Å². The SMILES string of the molecule is CCn1c(SCC(=O)NCCCSc2ccccc2)nnc1-c1ccncc1. The number of benzene rings is 1. The summed E-state index contributed by atoms with van der Waals surface area (Å²) in [6.07, 6.45) is 4.41. The van der Waals surface area contributed by atoms with E-state index in [0.29, 0.717) is 12.3 Å². The zero-order chi connectivity index (χ0) is 19.6. The van der Waals surface area contributed by atoms with Crippen molar-refractivity contribution >= 4 is 29.4 Å². The number of nitrogens with one attached hydrogen (secondary N) is 1. The maximum Gasteiger partial charge on any atom is 0.230 e. The highest BCUT2D eigenvalue weighted by Gasteiger charge is 2.14. The summed E-state index contributed by atoms with van der Waals surface area (Å²) in [6.45, 7) is 3.47. The molecule has 0 bridgehead atoms. The third-order valence-electron chi connectivity index (χ3n) is 3.96. The van der Waals surface area contributed by atoms with Crippen LogP contribution in [0.1, 0.15) is 13.3 Å². The van der Waals surface area contributed by atoms with Crippen LogP contribution in [0.2, 0.25) is 0 Å². The highest BCUT2D eigenvalue weighted by molar-refractivity contribution is 7.99. The van der Waals surface area contributed by atoms with Crippen LogP contribution in [0.4, 0.5) is 0 Å². The number of pyridine rings is 1. The lowest BCUT2D eigenvalue weighted by molar-refractivity contribution is -0.118. The summed E-state index contributed by atoms with van der Waals surface area (Å²) < 4.78 is 2.02. The quantitative estimate of drug-likeness (QED) is 0.403. The first-order chi connectivity index (χ1) is 13.8. The number of carbonyl (C=O) groups is 1. The van der Waals surface area contributed by atoms with Crippen LogP contribution in [-0.4, -0.2) is 43.7 Å². The lowest BCUT2D eigenvalue weighted by Gasteiger charge is -2.08. The molecule has 1 amide bonds. The monoisotopic (exact) mass is 413 g/mol. The molecule has 3 aromatic rings. The summed E-state index contributed by atoms with van der Waals surface area (Å²) in [6, 6.07) is 14.1. The van der Waals surface area contributed by atoms with E-state index < -0.39 is 0 Å². The Hall–Kier alpha value is -2.32. The molecule has 0 radical (unpaired) electrons. The zero-order valence-electron chi connectivity index (χ0n) is 15.7. The summed E-state index contributed by atoms with van der Waals surface area (Å²) in [5.74, 6) is 2.13. The summed E-state index contributed by atoms with van der Waals surface area (Å²) in [7, 11) is 0. The van der Waals surface area contributed by atoms with Gasteiger partial charge in [-0.3, -0.25) is 9.78 Å². The Morgan fingerprint density at radius 1 is 1.07 bits per heavy atom. The van der Waals surface area contributed by atoms with Crippen LogP contribution in [-0.2, 0) is 11.3 Å². The highest BCUT2D eigenvalue weighted by atomic mass is 32.2. The van der Waals surface area contributed by atoms with Crippen molar-refractivity contribution in [3.05, 3.63) is 54.9 Å². The van der Waals surface area contributed by atoms with Gasteiger partial charge in [0.1, 0.15) is 0 Å². The van der Waals surface area contributed by atoms with E-state index in [1.165, 1.54) is 16.7 Å². The van der Waals surface area contributed by atoms with Crippen molar-refractivity contribution in [3.63, 3.8) is 0 Å². The molecule has 0 spiro atoms. The molecule has 0 aliphatic heterocycles. The lowest BCUT2D eigenvalue weighted by atomic mass is 10.2. The number of nitrogens with zero attached hydrogens (tertiary/aromatic N) is 4. The van der Waals surface area contributed by atoms with E-state index in [4.69, 9.17) is 0 Å². The number of amides is 1. The fourth-order valence-electron chi connectivity index (χ4n) is 2.58. The number of aromatic nitrogens is 4.